The van der Waals surface area contributed by atoms with Gasteiger partial charge in [0, 0.05) is 38.2 Å². The molecule has 0 spiro atoms. The van der Waals surface area contributed by atoms with Crippen LogP contribution in [0.5, 0.6) is 11.6 Å². The van der Waals surface area contributed by atoms with Gasteiger partial charge in [0.25, 0.3) is 0 Å². The topological polar surface area (TPSA) is 52.0 Å². The van der Waals surface area contributed by atoms with Gasteiger partial charge in [-0.05, 0) is 36.8 Å². The summed E-state index contributed by atoms with van der Waals surface area (Å²) in [5, 5.41) is 3.41. The van der Waals surface area contributed by atoms with Crippen LogP contribution in [-0.2, 0) is 13.6 Å². The maximum Gasteiger partial charge on any atom is 0.219 e. The Morgan fingerprint density at radius 1 is 1.17 bits per heavy atom. The maximum absolute atomic E-state index is 12.9. The number of nitrogens with one attached hydrogen (secondary N) is 1. The van der Waals surface area contributed by atoms with Crippen molar-refractivity contribution in [2.24, 2.45) is 7.05 Å². The first-order chi connectivity index (χ1) is 11.6. The lowest BCUT2D eigenvalue weighted by atomic mass is 10.2. The van der Waals surface area contributed by atoms with Crippen molar-refractivity contribution < 1.29 is 9.13 Å². The predicted molar refractivity (Wildman–Crippen MR) is 89.2 cm³/mol. The molecule has 0 aliphatic rings. The number of rotatable bonds is 6. The summed E-state index contributed by atoms with van der Waals surface area (Å²) in [7, 11) is 1.98. The van der Waals surface area contributed by atoms with Gasteiger partial charge in [-0.25, -0.2) is 14.4 Å². The number of nitrogens with zero attached hydrogens (tertiary/aromatic N) is 3. The third-order valence-electron chi connectivity index (χ3n) is 3.69. The molecule has 3 aromatic rings. The van der Waals surface area contributed by atoms with Crippen LogP contribution in [-0.4, -0.2) is 14.5 Å². The van der Waals surface area contributed by atoms with Crippen molar-refractivity contribution in [1.29, 1.82) is 0 Å². The average Bonchev–Trinajstić information content (AvgIpc) is 3.02. The molecule has 1 atom stereocenters. The Kier molecular flexibility index (Phi) is 4.86. The van der Waals surface area contributed by atoms with Gasteiger partial charge in [-0.2, -0.15) is 0 Å². The van der Waals surface area contributed by atoms with Gasteiger partial charge in [-0.3, -0.25) is 0 Å². The van der Waals surface area contributed by atoms with Crippen LogP contribution < -0.4 is 10.1 Å². The average molecular weight is 326 g/mol. The van der Waals surface area contributed by atoms with Crippen molar-refractivity contribution >= 4 is 0 Å². The minimum Gasteiger partial charge on any atom is -0.439 e. The fourth-order valence-electron chi connectivity index (χ4n) is 2.36. The summed E-state index contributed by atoms with van der Waals surface area (Å²) in [6.45, 7) is 2.75. The Labute approximate surface area is 140 Å². The van der Waals surface area contributed by atoms with E-state index in [4.69, 9.17) is 4.74 Å². The smallest absolute Gasteiger partial charge is 0.219 e. The SMILES string of the molecule is CC(NCc1ccc(Oc2ccc(F)cc2)nc1)c1nccn1C. The van der Waals surface area contributed by atoms with E-state index >= 15 is 0 Å². The van der Waals surface area contributed by atoms with Crippen molar-refractivity contribution in [2.75, 3.05) is 0 Å². The number of benzene rings is 1. The van der Waals surface area contributed by atoms with Crippen molar-refractivity contribution in [1.82, 2.24) is 19.9 Å². The molecule has 0 saturated carbocycles. The molecule has 0 radical (unpaired) electrons. The molecule has 3 rings (SSSR count). The van der Waals surface area contributed by atoms with Gasteiger partial charge in [0.2, 0.25) is 5.88 Å². The first-order valence-corrected chi connectivity index (χ1v) is 7.71. The summed E-state index contributed by atoms with van der Waals surface area (Å²) in [4.78, 5) is 8.61. The van der Waals surface area contributed by atoms with E-state index in [0.29, 0.717) is 18.2 Å². The minimum atomic E-state index is -0.293. The molecule has 0 aliphatic carbocycles. The zero-order chi connectivity index (χ0) is 16.9. The Morgan fingerprint density at radius 3 is 2.58 bits per heavy atom. The molecule has 1 N–H and O–H groups in total. The molecule has 2 heterocycles. The van der Waals surface area contributed by atoms with E-state index in [0.717, 1.165) is 11.4 Å². The van der Waals surface area contributed by atoms with E-state index in [1.807, 2.05) is 23.9 Å². The summed E-state index contributed by atoms with van der Waals surface area (Å²) in [6.07, 6.45) is 5.48. The van der Waals surface area contributed by atoms with Crippen LogP contribution in [0.2, 0.25) is 0 Å². The second-order valence-corrected chi connectivity index (χ2v) is 5.56. The zero-order valence-corrected chi connectivity index (χ0v) is 13.6. The minimum absolute atomic E-state index is 0.139. The first kappa shape index (κ1) is 16.1. The number of imidazole rings is 1. The number of ether oxygens (including phenoxy) is 1. The second-order valence-electron chi connectivity index (χ2n) is 5.56. The normalized spacial score (nSPS) is 12.1. The van der Waals surface area contributed by atoms with Crippen LogP contribution in [0.15, 0.2) is 55.0 Å². The molecule has 6 heteroatoms. The Hall–Kier alpha value is -2.73. The number of aryl methyl sites for hydroxylation is 1. The summed E-state index contributed by atoms with van der Waals surface area (Å²) in [6, 6.07) is 9.73. The highest BCUT2D eigenvalue weighted by Gasteiger charge is 2.09. The quantitative estimate of drug-likeness (QED) is 0.752. The highest BCUT2D eigenvalue weighted by molar-refractivity contribution is 5.28. The molecular formula is C18H19FN4O. The van der Waals surface area contributed by atoms with Crippen LogP contribution in [0.1, 0.15) is 24.4 Å². The van der Waals surface area contributed by atoms with Crippen molar-refractivity contribution in [3.63, 3.8) is 0 Å². The number of pyridine rings is 1. The second kappa shape index (κ2) is 7.23. The van der Waals surface area contributed by atoms with Gasteiger partial charge in [-0.15, -0.1) is 0 Å². The molecule has 0 fully saturated rings. The Bertz CT molecular complexity index is 784. The Balaban J connectivity index is 1.56. The third kappa shape index (κ3) is 3.97. The van der Waals surface area contributed by atoms with Crippen molar-refractivity contribution in [3.05, 3.63) is 72.2 Å². The van der Waals surface area contributed by atoms with E-state index in [-0.39, 0.29) is 11.9 Å². The van der Waals surface area contributed by atoms with Gasteiger partial charge < -0.3 is 14.6 Å². The summed E-state index contributed by atoms with van der Waals surface area (Å²) in [5.41, 5.74) is 1.04. The molecule has 1 unspecified atom stereocenters. The van der Waals surface area contributed by atoms with Crippen LogP contribution >= 0.6 is 0 Å². The molecule has 124 valence electrons. The third-order valence-corrected chi connectivity index (χ3v) is 3.69. The predicted octanol–water partition coefficient (Wildman–Crippen LogP) is 3.60. The van der Waals surface area contributed by atoms with E-state index in [1.54, 1.807) is 30.6 Å². The molecule has 5 nitrogen and oxygen atoms in total. The molecule has 0 aliphatic heterocycles. The van der Waals surface area contributed by atoms with E-state index < -0.39 is 0 Å². The van der Waals surface area contributed by atoms with Crippen LogP contribution in [0.3, 0.4) is 0 Å². The largest absolute Gasteiger partial charge is 0.439 e. The fraction of sp³-hybridized carbons (Fsp3) is 0.222. The summed E-state index contributed by atoms with van der Waals surface area (Å²) >= 11 is 0. The summed E-state index contributed by atoms with van der Waals surface area (Å²) < 4.78 is 20.4. The molecule has 24 heavy (non-hydrogen) atoms. The molecule has 1 aromatic carbocycles. The van der Waals surface area contributed by atoms with Crippen LogP contribution in [0.4, 0.5) is 4.39 Å². The molecular weight excluding hydrogens is 307 g/mol. The van der Waals surface area contributed by atoms with Gasteiger partial charge in [0.05, 0.1) is 6.04 Å². The highest BCUT2D eigenvalue weighted by Crippen LogP contribution is 2.19. The lowest BCUT2D eigenvalue weighted by molar-refractivity contribution is 0.460. The Morgan fingerprint density at radius 2 is 1.96 bits per heavy atom. The molecule has 0 bridgehead atoms. The van der Waals surface area contributed by atoms with Crippen molar-refractivity contribution in [3.8, 4) is 11.6 Å². The summed E-state index contributed by atoms with van der Waals surface area (Å²) in [5.74, 6) is 1.72. The van der Waals surface area contributed by atoms with Crippen LogP contribution in [0, 0.1) is 5.82 Å². The lowest BCUT2D eigenvalue weighted by Gasteiger charge is -2.13. The molecule has 0 amide bonds. The standard InChI is InChI=1S/C18H19FN4O/c1-13(18-20-9-10-23(18)2)21-11-14-3-8-17(22-12-14)24-16-6-4-15(19)5-7-16/h3-10,12-13,21H,11H2,1-2H3. The molecule has 0 saturated heterocycles. The van der Waals surface area contributed by atoms with E-state index in [2.05, 4.69) is 22.2 Å². The maximum atomic E-state index is 12.9. The molecule has 2 aromatic heterocycles. The van der Waals surface area contributed by atoms with Gasteiger partial charge in [-0.1, -0.05) is 6.07 Å². The fourth-order valence-corrected chi connectivity index (χ4v) is 2.36. The lowest BCUT2D eigenvalue weighted by Crippen LogP contribution is -2.21. The van der Waals surface area contributed by atoms with E-state index in [9.17, 15) is 4.39 Å². The van der Waals surface area contributed by atoms with Crippen LogP contribution in [0.25, 0.3) is 0 Å². The number of aromatic nitrogens is 3. The van der Waals surface area contributed by atoms with Gasteiger partial charge >= 0.3 is 0 Å². The number of hydrogen-bond donors (Lipinski definition) is 1. The monoisotopic (exact) mass is 326 g/mol. The van der Waals surface area contributed by atoms with Gasteiger partial charge in [0.1, 0.15) is 17.4 Å². The number of hydrogen-bond acceptors (Lipinski definition) is 4. The van der Waals surface area contributed by atoms with Gasteiger partial charge in [0.15, 0.2) is 0 Å². The van der Waals surface area contributed by atoms with E-state index in [1.165, 1.54) is 12.1 Å². The number of halogens is 1. The zero-order valence-electron chi connectivity index (χ0n) is 13.6. The first-order valence-electron chi connectivity index (χ1n) is 7.71. The highest BCUT2D eigenvalue weighted by atomic mass is 19.1. The van der Waals surface area contributed by atoms with Crippen molar-refractivity contribution in [2.45, 2.75) is 19.5 Å².